The maximum Gasteiger partial charge on any atom is 0.171 e. The molecule has 3 aliphatic carbocycles. The maximum atomic E-state index is 15.3. The van der Waals surface area contributed by atoms with E-state index in [4.69, 9.17) is 0 Å². The second kappa shape index (κ2) is 9.05. The van der Waals surface area contributed by atoms with Gasteiger partial charge >= 0.3 is 0 Å². The van der Waals surface area contributed by atoms with E-state index in [1.807, 2.05) is 54.6 Å². The highest BCUT2D eigenvalue weighted by molar-refractivity contribution is 7.85. The first-order chi connectivity index (χ1) is 19.7. The average molecular weight is 531 g/mol. The lowest BCUT2D eigenvalue weighted by Gasteiger charge is -2.34. The van der Waals surface area contributed by atoms with Crippen molar-refractivity contribution in [3.05, 3.63) is 167 Å². The molecule has 2 heteroatoms. The highest BCUT2D eigenvalue weighted by Crippen LogP contribution is 2.49. The Hall–Kier alpha value is -4.45. The molecule has 0 radical (unpaired) electrons. The molecule has 0 fully saturated rings. The van der Waals surface area contributed by atoms with E-state index in [9.17, 15) is 0 Å². The van der Waals surface area contributed by atoms with Crippen LogP contribution < -0.4 is 15.9 Å². The third-order valence-electron chi connectivity index (χ3n) is 8.69. The molecule has 0 aliphatic heterocycles. The molecule has 5 aromatic rings. The van der Waals surface area contributed by atoms with Gasteiger partial charge in [-0.1, -0.05) is 146 Å². The molecule has 2 unspecified atom stereocenters. The quantitative estimate of drug-likeness (QED) is 0.214. The van der Waals surface area contributed by atoms with Crippen LogP contribution in [0.15, 0.2) is 151 Å². The standard InChI is InChI=1S/C38H27OP/c39-40(31-12-2-1-3-13-31,36-15-7-9-26-8-4-5-14-34(26)36)32-22-18-27(19-23-32)33-24-20-30-17-16-28-10-6-11-29-21-25-35(33)38(30)37(28)29/h1-24,37H,25H2. The van der Waals surface area contributed by atoms with E-state index in [2.05, 4.69) is 91.1 Å². The maximum absolute atomic E-state index is 15.3. The summed E-state index contributed by atoms with van der Waals surface area (Å²) in [4.78, 5) is 0. The summed E-state index contributed by atoms with van der Waals surface area (Å²) in [5.74, 6) is 0.331. The smallest absolute Gasteiger partial charge is 0.171 e. The SMILES string of the molecule is O=P(c1ccccc1)(c1ccc(-c2ccc3c4c2CC=C2C=CC=C(C=C3)C24)cc1)c1cccc2ccccc12. The molecule has 3 aliphatic rings. The Kier molecular flexibility index (Phi) is 5.30. The molecule has 8 rings (SSSR count). The largest absolute Gasteiger partial charge is 0.309 e. The number of rotatable bonds is 4. The van der Waals surface area contributed by atoms with Crippen LogP contribution in [0.1, 0.15) is 22.6 Å². The van der Waals surface area contributed by atoms with E-state index in [1.165, 1.54) is 39.0 Å². The van der Waals surface area contributed by atoms with Crippen molar-refractivity contribution < 1.29 is 4.57 Å². The van der Waals surface area contributed by atoms with Crippen LogP contribution in [0.5, 0.6) is 0 Å². The summed E-state index contributed by atoms with van der Waals surface area (Å²) in [6.07, 6.45) is 14.5. The Labute approximate surface area is 234 Å². The molecule has 0 saturated heterocycles. The number of benzene rings is 5. The minimum absolute atomic E-state index is 0.331. The molecule has 40 heavy (non-hydrogen) atoms. The number of fused-ring (bicyclic) bond motifs is 1. The van der Waals surface area contributed by atoms with E-state index in [0.717, 1.165) is 33.1 Å². The Balaban J connectivity index is 1.28. The van der Waals surface area contributed by atoms with Crippen molar-refractivity contribution in [2.75, 3.05) is 0 Å². The molecule has 0 bridgehead atoms. The van der Waals surface area contributed by atoms with E-state index < -0.39 is 7.14 Å². The summed E-state index contributed by atoms with van der Waals surface area (Å²) in [6.45, 7) is 0. The zero-order valence-electron chi connectivity index (χ0n) is 22.0. The Morgan fingerprint density at radius 3 is 2.30 bits per heavy atom. The number of hydrogen-bond acceptors (Lipinski definition) is 1. The Morgan fingerprint density at radius 2 is 1.43 bits per heavy atom. The summed E-state index contributed by atoms with van der Waals surface area (Å²) in [6, 6.07) is 37.4. The molecular formula is C38H27OP. The highest BCUT2D eigenvalue weighted by atomic mass is 31.2. The Bertz CT molecular complexity index is 1980. The van der Waals surface area contributed by atoms with Crippen molar-refractivity contribution in [2.45, 2.75) is 12.3 Å². The minimum atomic E-state index is -3.12. The second-order valence-electron chi connectivity index (χ2n) is 10.8. The van der Waals surface area contributed by atoms with Crippen LogP contribution in [0.3, 0.4) is 0 Å². The lowest BCUT2D eigenvalue weighted by Crippen LogP contribution is -2.25. The van der Waals surface area contributed by atoms with Crippen LogP contribution in [0.4, 0.5) is 0 Å². The van der Waals surface area contributed by atoms with Crippen molar-refractivity contribution in [1.82, 2.24) is 0 Å². The van der Waals surface area contributed by atoms with Crippen LogP contribution in [-0.4, -0.2) is 0 Å². The van der Waals surface area contributed by atoms with Gasteiger partial charge in [-0.2, -0.15) is 0 Å². The number of hydrogen-bond donors (Lipinski definition) is 0. The molecule has 190 valence electrons. The monoisotopic (exact) mass is 530 g/mol. The molecule has 0 heterocycles. The fourth-order valence-electron chi connectivity index (χ4n) is 6.79. The lowest BCUT2D eigenvalue weighted by molar-refractivity contribution is 0.592. The summed E-state index contributed by atoms with van der Waals surface area (Å²) in [5, 5.41) is 4.76. The van der Waals surface area contributed by atoms with Gasteiger partial charge in [-0.15, -0.1) is 0 Å². The zero-order valence-corrected chi connectivity index (χ0v) is 22.9. The van der Waals surface area contributed by atoms with E-state index in [1.54, 1.807) is 0 Å². The van der Waals surface area contributed by atoms with Gasteiger partial charge in [-0.05, 0) is 56.2 Å². The fraction of sp³-hybridized carbons (Fsp3) is 0.0526. The first kappa shape index (κ1) is 23.4. The van der Waals surface area contributed by atoms with Crippen LogP contribution in [-0.2, 0) is 11.0 Å². The van der Waals surface area contributed by atoms with Gasteiger partial charge in [0.25, 0.3) is 0 Å². The molecular weight excluding hydrogens is 503 g/mol. The third-order valence-corrected chi connectivity index (χ3v) is 11.8. The highest BCUT2D eigenvalue weighted by Gasteiger charge is 2.33. The first-order valence-electron chi connectivity index (χ1n) is 13.9. The van der Waals surface area contributed by atoms with Gasteiger partial charge in [0.1, 0.15) is 0 Å². The summed E-state index contributed by atoms with van der Waals surface area (Å²) < 4.78 is 15.3. The molecule has 0 aromatic heterocycles. The molecule has 0 saturated carbocycles. The first-order valence-corrected chi connectivity index (χ1v) is 15.6. The van der Waals surface area contributed by atoms with Gasteiger partial charge in [0.05, 0.1) is 0 Å². The van der Waals surface area contributed by atoms with Gasteiger partial charge in [-0.3, -0.25) is 0 Å². The number of allylic oxidation sites excluding steroid dienone is 7. The lowest BCUT2D eigenvalue weighted by atomic mass is 9.70. The van der Waals surface area contributed by atoms with Crippen LogP contribution >= 0.6 is 7.14 Å². The topological polar surface area (TPSA) is 17.1 Å². The average Bonchev–Trinajstić information content (AvgIpc) is 3.03. The van der Waals surface area contributed by atoms with E-state index >= 15 is 4.57 Å². The van der Waals surface area contributed by atoms with Crippen molar-refractivity contribution in [3.8, 4) is 11.1 Å². The van der Waals surface area contributed by atoms with Crippen molar-refractivity contribution in [2.24, 2.45) is 0 Å². The predicted molar refractivity (Wildman–Crippen MR) is 170 cm³/mol. The molecule has 0 amide bonds. The van der Waals surface area contributed by atoms with Gasteiger partial charge in [0, 0.05) is 21.8 Å². The minimum Gasteiger partial charge on any atom is -0.309 e. The summed E-state index contributed by atoms with van der Waals surface area (Å²) >= 11 is 0. The molecule has 2 atom stereocenters. The van der Waals surface area contributed by atoms with Crippen molar-refractivity contribution >= 4 is 39.9 Å². The Morgan fingerprint density at radius 1 is 0.650 bits per heavy atom. The van der Waals surface area contributed by atoms with Gasteiger partial charge in [0.15, 0.2) is 7.14 Å². The van der Waals surface area contributed by atoms with Crippen LogP contribution in [0.2, 0.25) is 0 Å². The van der Waals surface area contributed by atoms with Crippen LogP contribution in [0, 0.1) is 0 Å². The molecule has 0 spiro atoms. The van der Waals surface area contributed by atoms with Gasteiger partial charge in [-0.25, -0.2) is 0 Å². The predicted octanol–water partition coefficient (Wildman–Crippen LogP) is 8.24. The summed E-state index contributed by atoms with van der Waals surface area (Å²) in [5.41, 5.74) is 9.39. The van der Waals surface area contributed by atoms with Crippen molar-refractivity contribution in [3.63, 3.8) is 0 Å². The zero-order chi connectivity index (χ0) is 26.7. The fourth-order valence-corrected chi connectivity index (χ4v) is 9.64. The van der Waals surface area contributed by atoms with Crippen molar-refractivity contribution in [1.29, 1.82) is 0 Å². The molecule has 1 nitrogen and oxygen atoms in total. The second-order valence-corrected chi connectivity index (χ2v) is 13.5. The van der Waals surface area contributed by atoms with E-state index in [-0.39, 0.29) is 0 Å². The molecule has 0 N–H and O–H groups in total. The van der Waals surface area contributed by atoms with E-state index in [0.29, 0.717) is 5.92 Å². The van der Waals surface area contributed by atoms with Gasteiger partial charge < -0.3 is 4.57 Å². The van der Waals surface area contributed by atoms with Gasteiger partial charge in [0.2, 0.25) is 0 Å². The normalized spacial score (nSPS) is 18.1. The third kappa shape index (κ3) is 3.45. The molecule has 5 aromatic carbocycles. The summed E-state index contributed by atoms with van der Waals surface area (Å²) in [7, 11) is -3.12. The van der Waals surface area contributed by atoms with Crippen LogP contribution in [0.25, 0.3) is 28.0 Å².